The number of phenolic OH excluding ortho intramolecular Hbond substituents is 1. The second-order valence-electron chi connectivity index (χ2n) is 7.26. The second kappa shape index (κ2) is 7.95. The number of carbonyl (C=O) groups excluding carboxylic acids is 1. The molecule has 1 aliphatic rings. The molecule has 2 aromatic carbocycles. The minimum absolute atomic E-state index is 0.0849. The maximum Gasteiger partial charge on any atom is 0.240 e. The van der Waals surface area contributed by atoms with Gasteiger partial charge in [0.25, 0.3) is 0 Å². The van der Waals surface area contributed by atoms with Crippen LogP contribution in [0.25, 0.3) is 22.8 Å². The van der Waals surface area contributed by atoms with Gasteiger partial charge in [-0.15, -0.1) is 0 Å². The number of hydrogen-bond acceptors (Lipinski definition) is 6. The Hall–Kier alpha value is -4.53. The molecular formula is C23H18N6O3. The molecular weight excluding hydrogens is 408 g/mol. The lowest BCUT2D eigenvalue weighted by Gasteiger charge is -2.13. The van der Waals surface area contributed by atoms with Crippen LogP contribution in [-0.4, -0.2) is 36.3 Å². The highest BCUT2D eigenvalue weighted by Crippen LogP contribution is 2.21. The van der Waals surface area contributed by atoms with Crippen LogP contribution in [0.15, 0.2) is 83.0 Å². The van der Waals surface area contributed by atoms with Gasteiger partial charge >= 0.3 is 0 Å². The van der Waals surface area contributed by atoms with E-state index in [1.54, 1.807) is 47.4 Å². The molecule has 9 heteroatoms. The summed E-state index contributed by atoms with van der Waals surface area (Å²) in [7, 11) is 0. The fourth-order valence-corrected chi connectivity index (χ4v) is 3.53. The molecule has 0 unspecified atom stereocenters. The van der Waals surface area contributed by atoms with Gasteiger partial charge in [-0.25, -0.2) is 14.8 Å². The number of carbonyl (C=O) groups is 1. The summed E-state index contributed by atoms with van der Waals surface area (Å²) in [5.74, 6) is 0.0232. The number of hydrazone groups is 1. The molecule has 0 saturated heterocycles. The van der Waals surface area contributed by atoms with Crippen molar-refractivity contribution in [3.63, 3.8) is 0 Å². The normalized spacial score (nSPS) is 13.5. The Morgan fingerprint density at radius 1 is 0.938 bits per heavy atom. The molecule has 0 bridgehead atoms. The van der Waals surface area contributed by atoms with E-state index in [4.69, 9.17) is 0 Å². The van der Waals surface area contributed by atoms with Crippen LogP contribution in [-0.2, 0) is 4.79 Å². The summed E-state index contributed by atoms with van der Waals surface area (Å²) < 4.78 is 3.18. The Labute approximate surface area is 182 Å². The first kappa shape index (κ1) is 19.4. The van der Waals surface area contributed by atoms with Gasteiger partial charge in [0.1, 0.15) is 5.75 Å². The number of nitrogens with zero attached hydrogens (tertiary/aromatic N) is 5. The van der Waals surface area contributed by atoms with Crippen LogP contribution in [0.3, 0.4) is 0 Å². The van der Waals surface area contributed by atoms with Crippen LogP contribution >= 0.6 is 0 Å². The molecule has 2 N–H and O–H groups in total. The first-order valence-corrected chi connectivity index (χ1v) is 9.98. The first-order valence-electron chi connectivity index (χ1n) is 9.98. The van der Waals surface area contributed by atoms with Crippen LogP contribution in [0.2, 0.25) is 0 Å². The van der Waals surface area contributed by atoms with E-state index in [0.29, 0.717) is 24.2 Å². The van der Waals surface area contributed by atoms with E-state index < -0.39 is 0 Å². The molecule has 2 aromatic heterocycles. The highest BCUT2D eigenvalue weighted by molar-refractivity contribution is 6.04. The quantitative estimate of drug-likeness (QED) is 0.520. The number of aromatic hydroxyl groups is 1. The highest BCUT2D eigenvalue weighted by Gasteiger charge is 2.16. The third-order valence-corrected chi connectivity index (χ3v) is 5.14. The topological polar surface area (TPSA) is 114 Å². The van der Waals surface area contributed by atoms with Crippen LogP contribution in [0.5, 0.6) is 5.75 Å². The lowest BCUT2D eigenvalue weighted by molar-refractivity contribution is -0.121. The van der Waals surface area contributed by atoms with Gasteiger partial charge in [0, 0.05) is 31.2 Å². The number of benzene rings is 2. The molecule has 1 aliphatic heterocycles. The van der Waals surface area contributed by atoms with Crippen molar-refractivity contribution in [2.45, 2.75) is 12.8 Å². The van der Waals surface area contributed by atoms with Gasteiger partial charge in [-0.2, -0.15) is 15.3 Å². The minimum Gasteiger partial charge on any atom is -0.508 e. The van der Waals surface area contributed by atoms with Crippen molar-refractivity contribution in [3.8, 4) is 28.5 Å². The number of aromatic nitrogens is 4. The first-order chi connectivity index (χ1) is 15.6. The minimum atomic E-state index is -0.243. The van der Waals surface area contributed by atoms with E-state index in [2.05, 4.69) is 20.7 Å². The molecule has 0 aliphatic carbocycles. The van der Waals surface area contributed by atoms with E-state index >= 15 is 0 Å². The molecule has 1 amide bonds. The van der Waals surface area contributed by atoms with E-state index in [1.807, 2.05) is 24.3 Å². The largest absolute Gasteiger partial charge is 0.508 e. The summed E-state index contributed by atoms with van der Waals surface area (Å²) in [6, 6.07) is 17.3. The molecule has 0 saturated carbocycles. The fraction of sp³-hybridized carbons (Fsp3) is 0.0870. The molecule has 5 rings (SSSR count). The van der Waals surface area contributed by atoms with Crippen LogP contribution < -0.4 is 10.9 Å². The molecule has 0 spiro atoms. The average Bonchev–Trinajstić information content (AvgIpc) is 3.30. The van der Waals surface area contributed by atoms with Crippen LogP contribution in [0.4, 0.5) is 0 Å². The van der Waals surface area contributed by atoms with Crippen molar-refractivity contribution in [3.05, 3.63) is 88.8 Å². The van der Waals surface area contributed by atoms with Crippen LogP contribution in [0.1, 0.15) is 18.4 Å². The monoisotopic (exact) mass is 426 g/mol. The Balaban J connectivity index is 1.51. The van der Waals surface area contributed by atoms with Gasteiger partial charge in [0.15, 0.2) is 5.69 Å². The van der Waals surface area contributed by atoms with Crippen molar-refractivity contribution < 1.29 is 9.90 Å². The summed E-state index contributed by atoms with van der Waals surface area (Å²) in [6.07, 6.45) is 4.16. The van der Waals surface area contributed by atoms with E-state index in [0.717, 1.165) is 17.0 Å². The fourth-order valence-electron chi connectivity index (χ4n) is 3.53. The highest BCUT2D eigenvalue weighted by atomic mass is 16.3. The summed E-state index contributed by atoms with van der Waals surface area (Å²) in [6.45, 7) is 0. The Morgan fingerprint density at radius 2 is 1.78 bits per heavy atom. The van der Waals surface area contributed by atoms with Gasteiger partial charge in [-0.1, -0.05) is 18.2 Å². The maximum absolute atomic E-state index is 12.6. The second-order valence-corrected chi connectivity index (χ2v) is 7.26. The Bertz CT molecular complexity index is 1400. The number of rotatable bonds is 4. The van der Waals surface area contributed by atoms with Crippen molar-refractivity contribution >= 4 is 11.6 Å². The summed E-state index contributed by atoms with van der Waals surface area (Å²) in [4.78, 5) is 23.9. The SMILES string of the molecule is O=C1CCC(c2ccc(-n3nccc3-c3nn(-c4cccc(O)c4)ccc3=O)cc2)=NN1. The lowest BCUT2D eigenvalue weighted by atomic mass is 10.0. The number of hydrogen-bond donors (Lipinski definition) is 2. The van der Waals surface area contributed by atoms with Crippen molar-refractivity contribution in [1.29, 1.82) is 0 Å². The number of nitrogens with one attached hydrogen (secondary N) is 1. The lowest BCUT2D eigenvalue weighted by Crippen LogP contribution is -2.25. The standard InChI is InChI=1S/C23H18N6O3/c30-18-3-1-2-17(14-18)28-13-11-21(31)23(27-28)20-10-12-24-29(20)16-6-4-15(5-7-16)19-8-9-22(32)26-25-19/h1-7,10-14,30H,8-9H2,(H,26,32). The smallest absolute Gasteiger partial charge is 0.240 e. The number of phenols is 1. The molecule has 4 aromatic rings. The predicted molar refractivity (Wildman–Crippen MR) is 118 cm³/mol. The Kier molecular flexibility index (Phi) is 4.83. The van der Waals surface area contributed by atoms with Crippen molar-refractivity contribution in [2.75, 3.05) is 0 Å². The molecule has 0 fully saturated rings. The predicted octanol–water partition coefficient (Wildman–Crippen LogP) is 2.40. The molecule has 9 nitrogen and oxygen atoms in total. The third kappa shape index (κ3) is 3.67. The van der Waals surface area contributed by atoms with E-state index in [-0.39, 0.29) is 22.8 Å². The Morgan fingerprint density at radius 3 is 2.53 bits per heavy atom. The number of amides is 1. The van der Waals surface area contributed by atoms with Crippen molar-refractivity contribution in [1.82, 2.24) is 25.0 Å². The van der Waals surface area contributed by atoms with Gasteiger partial charge in [-0.05, 0) is 35.9 Å². The zero-order valence-corrected chi connectivity index (χ0v) is 16.8. The summed E-state index contributed by atoms with van der Waals surface area (Å²) in [5, 5.41) is 22.7. The molecule has 158 valence electrons. The molecule has 0 radical (unpaired) electrons. The van der Waals surface area contributed by atoms with Gasteiger partial charge < -0.3 is 5.11 Å². The zero-order chi connectivity index (χ0) is 22.1. The maximum atomic E-state index is 12.6. The third-order valence-electron chi connectivity index (χ3n) is 5.14. The van der Waals surface area contributed by atoms with Gasteiger partial charge in [0.2, 0.25) is 11.3 Å². The molecule has 32 heavy (non-hydrogen) atoms. The summed E-state index contributed by atoms with van der Waals surface area (Å²) >= 11 is 0. The van der Waals surface area contributed by atoms with E-state index in [1.165, 1.54) is 10.7 Å². The van der Waals surface area contributed by atoms with Crippen LogP contribution in [0, 0.1) is 0 Å². The van der Waals surface area contributed by atoms with Gasteiger partial charge in [0.05, 0.1) is 29.0 Å². The van der Waals surface area contributed by atoms with E-state index in [9.17, 15) is 14.7 Å². The zero-order valence-electron chi connectivity index (χ0n) is 16.8. The average molecular weight is 426 g/mol. The van der Waals surface area contributed by atoms with Crippen molar-refractivity contribution in [2.24, 2.45) is 5.10 Å². The van der Waals surface area contributed by atoms with Gasteiger partial charge in [-0.3, -0.25) is 9.59 Å². The molecule has 3 heterocycles. The molecule has 0 atom stereocenters. The summed E-state index contributed by atoms with van der Waals surface area (Å²) in [5.41, 5.74) is 6.14.